The molecular weight excluding hydrogens is 268 g/mol. The Labute approximate surface area is 122 Å². The van der Waals surface area contributed by atoms with Crippen LogP contribution in [0.25, 0.3) is 0 Å². The Kier molecular flexibility index (Phi) is 4.50. The summed E-state index contributed by atoms with van der Waals surface area (Å²) in [5.41, 5.74) is 1.56. The minimum atomic E-state index is -1.15. The van der Waals surface area contributed by atoms with Crippen molar-refractivity contribution < 1.29 is 19.8 Å². The summed E-state index contributed by atoms with van der Waals surface area (Å²) >= 11 is 0. The van der Waals surface area contributed by atoms with E-state index in [0.29, 0.717) is 5.56 Å². The van der Waals surface area contributed by atoms with Crippen molar-refractivity contribution in [3.05, 3.63) is 70.8 Å². The fraction of sp³-hybridized carbons (Fsp3) is 0.176. The van der Waals surface area contributed by atoms with Crippen LogP contribution in [-0.2, 0) is 0 Å². The first-order chi connectivity index (χ1) is 10.0. The monoisotopic (exact) mass is 284 g/mol. The number of aliphatic hydroxyl groups excluding tert-OH is 1. The lowest BCUT2D eigenvalue weighted by atomic mass is 9.88. The van der Waals surface area contributed by atoms with Gasteiger partial charge in [-0.15, -0.1) is 0 Å². The number of carboxylic acids is 1. The average Bonchev–Trinajstić information content (AvgIpc) is 2.48. The number of hydrogen-bond donors (Lipinski definition) is 2. The molecule has 0 heterocycles. The van der Waals surface area contributed by atoms with Crippen molar-refractivity contribution in [3.63, 3.8) is 0 Å². The summed E-state index contributed by atoms with van der Waals surface area (Å²) in [6, 6.07) is 13.5. The Hall–Kier alpha value is -2.46. The molecule has 1 unspecified atom stereocenters. The third-order valence-corrected chi connectivity index (χ3v) is 3.37. The molecule has 2 rings (SSSR count). The molecule has 0 radical (unpaired) electrons. The number of carboxylic acid groups (broad SMARTS) is 1. The van der Waals surface area contributed by atoms with Crippen LogP contribution >= 0.6 is 0 Å². The highest BCUT2D eigenvalue weighted by Crippen LogP contribution is 2.23. The van der Waals surface area contributed by atoms with Crippen molar-refractivity contribution >= 4 is 11.8 Å². The molecule has 2 aromatic rings. The Morgan fingerprint density at radius 2 is 1.71 bits per heavy atom. The molecule has 21 heavy (non-hydrogen) atoms. The number of rotatable bonds is 5. The van der Waals surface area contributed by atoms with Crippen molar-refractivity contribution in [2.24, 2.45) is 0 Å². The first-order valence-corrected chi connectivity index (χ1v) is 6.58. The maximum atomic E-state index is 12.6. The molecule has 108 valence electrons. The van der Waals surface area contributed by atoms with Crippen LogP contribution in [0.5, 0.6) is 0 Å². The number of carbonyl (C=O) groups excluding carboxylic acids is 1. The number of aryl methyl sites for hydroxylation is 1. The summed E-state index contributed by atoms with van der Waals surface area (Å²) in [5, 5.41) is 18.8. The van der Waals surface area contributed by atoms with Crippen molar-refractivity contribution in [3.8, 4) is 0 Å². The summed E-state index contributed by atoms with van der Waals surface area (Å²) in [4.78, 5) is 23.9. The molecule has 0 amide bonds. The lowest BCUT2D eigenvalue weighted by molar-refractivity contribution is 0.0690. The molecule has 0 saturated carbocycles. The van der Waals surface area contributed by atoms with Crippen LogP contribution in [0.3, 0.4) is 0 Å². The van der Waals surface area contributed by atoms with Gasteiger partial charge in [-0.25, -0.2) is 4.79 Å². The second kappa shape index (κ2) is 6.33. The third kappa shape index (κ3) is 3.17. The molecule has 0 bridgehead atoms. The van der Waals surface area contributed by atoms with Gasteiger partial charge in [0.2, 0.25) is 0 Å². The van der Waals surface area contributed by atoms with Crippen LogP contribution in [0.2, 0.25) is 0 Å². The van der Waals surface area contributed by atoms with Crippen molar-refractivity contribution in [1.29, 1.82) is 0 Å². The molecule has 0 aliphatic carbocycles. The normalized spacial score (nSPS) is 11.9. The van der Waals surface area contributed by atoms with E-state index in [2.05, 4.69) is 0 Å². The second-order valence-electron chi connectivity index (χ2n) is 4.86. The van der Waals surface area contributed by atoms with Gasteiger partial charge in [-0.05, 0) is 24.6 Å². The molecule has 4 heteroatoms. The number of carbonyl (C=O) groups is 2. The molecule has 0 saturated heterocycles. The summed E-state index contributed by atoms with van der Waals surface area (Å²) in [6.07, 6.45) is 0. The fourth-order valence-electron chi connectivity index (χ4n) is 2.26. The van der Waals surface area contributed by atoms with Gasteiger partial charge in [0.1, 0.15) is 0 Å². The number of hydrogen-bond acceptors (Lipinski definition) is 3. The highest BCUT2D eigenvalue weighted by atomic mass is 16.4. The second-order valence-corrected chi connectivity index (χ2v) is 4.86. The molecule has 0 aliphatic rings. The lowest BCUT2D eigenvalue weighted by Gasteiger charge is -2.15. The van der Waals surface area contributed by atoms with Gasteiger partial charge in [-0.3, -0.25) is 4.79 Å². The van der Waals surface area contributed by atoms with Crippen molar-refractivity contribution in [2.45, 2.75) is 12.8 Å². The summed E-state index contributed by atoms with van der Waals surface area (Å²) in [5.74, 6) is -2.29. The van der Waals surface area contributed by atoms with Crippen molar-refractivity contribution in [1.82, 2.24) is 0 Å². The van der Waals surface area contributed by atoms with E-state index in [4.69, 9.17) is 0 Å². The summed E-state index contributed by atoms with van der Waals surface area (Å²) in [7, 11) is 0. The smallest absolute Gasteiger partial charge is 0.336 e. The van der Waals surface area contributed by atoms with E-state index in [9.17, 15) is 19.8 Å². The Morgan fingerprint density at radius 1 is 1.05 bits per heavy atom. The molecule has 4 nitrogen and oxygen atoms in total. The lowest BCUT2D eigenvalue weighted by Crippen LogP contribution is -2.19. The zero-order valence-electron chi connectivity index (χ0n) is 11.6. The van der Waals surface area contributed by atoms with Gasteiger partial charge in [0.25, 0.3) is 0 Å². The third-order valence-electron chi connectivity index (χ3n) is 3.37. The molecular formula is C17H16O4. The highest BCUT2D eigenvalue weighted by molar-refractivity contribution is 6.08. The summed E-state index contributed by atoms with van der Waals surface area (Å²) < 4.78 is 0. The molecule has 1 atom stereocenters. The average molecular weight is 284 g/mol. The summed E-state index contributed by atoms with van der Waals surface area (Å²) in [6.45, 7) is 1.43. The van der Waals surface area contributed by atoms with Crippen LogP contribution in [0.1, 0.15) is 37.8 Å². The Morgan fingerprint density at radius 3 is 2.29 bits per heavy atom. The van der Waals surface area contributed by atoms with Gasteiger partial charge >= 0.3 is 5.97 Å². The highest BCUT2D eigenvalue weighted by Gasteiger charge is 2.25. The molecule has 0 aromatic heterocycles. The van der Waals surface area contributed by atoms with Crippen LogP contribution < -0.4 is 0 Å². The molecule has 0 fully saturated rings. The SMILES string of the molecule is Cc1ccc(C(=O)O)c(C(=O)C(CO)c2ccccc2)c1. The predicted octanol–water partition coefficient (Wildman–Crippen LogP) is 2.65. The fourth-order valence-corrected chi connectivity index (χ4v) is 2.26. The van der Waals surface area contributed by atoms with Crippen LogP contribution in [0.15, 0.2) is 48.5 Å². The van der Waals surface area contributed by atoms with E-state index in [-0.39, 0.29) is 23.5 Å². The maximum absolute atomic E-state index is 12.6. The number of aromatic carboxylic acids is 1. The molecule has 2 aromatic carbocycles. The topological polar surface area (TPSA) is 74.6 Å². The molecule has 2 N–H and O–H groups in total. The first-order valence-electron chi connectivity index (χ1n) is 6.58. The quantitative estimate of drug-likeness (QED) is 0.828. The van der Waals surface area contributed by atoms with Gasteiger partial charge in [0.15, 0.2) is 5.78 Å². The Balaban J connectivity index is 2.48. The predicted molar refractivity (Wildman–Crippen MR) is 78.7 cm³/mol. The van der Waals surface area contributed by atoms with Crippen LogP contribution in [0, 0.1) is 6.92 Å². The first kappa shape index (κ1) is 14.9. The van der Waals surface area contributed by atoms with Gasteiger partial charge in [0.05, 0.1) is 18.1 Å². The van der Waals surface area contributed by atoms with E-state index >= 15 is 0 Å². The van der Waals surface area contributed by atoms with Crippen LogP contribution in [-0.4, -0.2) is 28.6 Å². The zero-order valence-corrected chi connectivity index (χ0v) is 11.6. The molecule has 0 aliphatic heterocycles. The van der Waals surface area contributed by atoms with E-state index in [1.165, 1.54) is 6.07 Å². The standard InChI is InChI=1S/C17H16O4/c1-11-7-8-13(17(20)21)14(9-11)16(19)15(10-18)12-5-3-2-4-6-12/h2-9,15,18H,10H2,1H3,(H,20,21). The Bertz CT molecular complexity index is 662. The van der Waals surface area contributed by atoms with Gasteiger partial charge in [-0.2, -0.15) is 0 Å². The zero-order chi connectivity index (χ0) is 15.4. The number of Topliss-reactive ketones (excluding diaryl/α,β-unsaturated/α-hetero) is 1. The van der Waals surface area contributed by atoms with Crippen LogP contribution in [0.4, 0.5) is 0 Å². The molecule has 0 spiro atoms. The minimum Gasteiger partial charge on any atom is -0.478 e. The van der Waals surface area contributed by atoms with Gasteiger partial charge in [0, 0.05) is 5.56 Å². The maximum Gasteiger partial charge on any atom is 0.336 e. The van der Waals surface area contributed by atoms with E-state index in [1.807, 2.05) is 6.07 Å². The van der Waals surface area contributed by atoms with Gasteiger partial charge < -0.3 is 10.2 Å². The number of aliphatic hydroxyl groups is 1. The number of benzene rings is 2. The van der Waals surface area contributed by atoms with Crippen molar-refractivity contribution in [2.75, 3.05) is 6.61 Å². The largest absolute Gasteiger partial charge is 0.478 e. The number of ketones is 1. The van der Waals surface area contributed by atoms with E-state index in [0.717, 1.165) is 5.56 Å². The van der Waals surface area contributed by atoms with E-state index < -0.39 is 11.9 Å². The van der Waals surface area contributed by atoms with E-state index in [1.54, 1.807) is 43.3 Å². The van der Waals surface area contributed by atoms with Gasteiger partial charge in [-0.1, -0.05) is 42.0 Å². The minimum absolute atomic E-state index is 0.0417.